The average Bonchev–Trinajstić information content (AvgIpc) is 3.44. The first-order valence-corrected chi connectivity index (χ1v) is 9.72. The zero-order valence-electron chi connectivity index (χ0n) is 16.6. The molecule has 2 aromatic rings. The topological polar surface area (TPSA) is 171 Å². The maximum absolute atomic E-state index is 12.2. The summed E-state index contributed by atoms with van der Waals surface area (Å²) in [5.74, 6) is 8.39. The molecule has 6 N–H and O–H groups in total. The summed E-state index contributed by atoms with van der Waals surface area (Å²) in [5, 5.41) is 0. The largest absolute Gasteiger partial charge is 0.458 e. The maximum atomic E-state index is 12.2. The Morgan fingerprint density at radius 1 is 0.667 bits per heavy atom. The Labute approximate surface area is 173 Å². The molecule has 0 saturated heterocycles. The van der Waals surface area contributed by atoms with E-state index in [-0.39, 0.29) is 34.2 Å². The normalized spacial score (nSPS) is 10.6. The van der Waals surface area contributed by atoms with Crippen LogP contribution in [-0.2, 0) is 0 Å². The Morgan fingerprint density at radius 2 is 1.03 bits per heavy atom. The summed E-state index contributed by atoms with van der Waals surface area (Å²) >= 11 is 0. The zero-order chi connectivity index (χ0) is 21.9. The summed E-state index contributed by atoms with van der Waals surface area (Å²) in [4.78, 5) is 47.5. The van der Waals surface area contributed by atoms with E-state index in [2.05, 4.69) is 0 Å². The lowest BCUT2D eigenvalue weighted by Gasteiger charge is -2.03. The van der Waals surface area contributed by atoms with Crippen LogP contribution in [0.3, 0.4) is 0 Å². The molecule has 0 aromatic carbocycles. The second-order valence-corrected chi connectivity index (χ2v) is 6.74. The maximum Gasteiger partial charge on any atom is 0.301 e. The van der Waals surface area contributed by atoms with E-state index >= 15 is 0 Å². The Morgan fingerprint density at radius 3 is 1.40 bits per heavy atom. The predicted molar refractivity (Wildman–Crippen MR) is 106 cm³/mol. The summed E-state index contributed by atoms with van der Waals surface area (Å²) < 4.78 is 10.0. The molecule has 10 heteroatoms. The van der Waals surface area contributed by atoms with Gasteiger partial charge in [0.1, 0.15) is 0 Å². The number of unbranched alkanes of at least 4 members (excludes halogenated alkanes) is 5. The first-order valence-electron chi connectivity index (χ1n) is 9.72. The minimum atomic E-state index is -0.635. The Kier molecular flexibility index (Phi) is 8.98. The smallest absolute Gasteiger partial charge is 0.301 e. The van der Waals surface area contributed by atoms with Crippen LogP contribution in [0.25, 0.3) is 0 Å². The Balaban J connectivity index is 1.61. The van der Waals surface area contributed by atoms with Crippen molar-refractivity contribution in [2.24, 2.45) is 11.7 Å². The number of carbonyl (C=O) groups excluding carboxylic acids is 4. The second-order valence-electron chi connectivity index (χ2n) is 6.74. The molecule has 30 heavy (non-hydrogen) atoms. The van der Waals surface area contributed by atoms with Crippen LogP contribution in [0.5, 0.6) is 0 Å². The van der Waals surface area contributed by atoms with Crippen molar-refractivity contribution in [2.45, 2.75) is 51.4 Å². The van der Waals surface area contributed by atoms with Gasteiger partial charge < -0.3 is 8.83 Å². The van der Waals surface area contributed by atoms with E-state index in [4.69, 9.17) is 20.5 Å². The number of ketones is 2. The van der Waals surface area contributed by atoms with Crippen molar-refractivity contribution in [1.29, 1.82) is 0 Å². The van der Waals surface area contributed by atoms with Gasteiger partial charge in [0.2, 0.25) is 11.5 Å². The van der Waals surface area contributed by atoms with Crippen molar-refractivity contribution in [1.82, 2.24) is 10.9 Å². The third-order valence-electron chi connectivity index (χ3n) is 4.66. The Bertz CT molecular complexity index is 813. The number of hydrazine groups is 2. The van der Waals surface area contributed by atoms with E-state index in [0.29, 0.717) is 25.7 Å². The highest BCUT2D eigenvalue weighted by Crippen LogP contribution is 2.17. The molecule has 2 heterocycles. The fraction of sp³-hybridized carbons (Fsp3) is 0.400. The number of Topliss-reactive ketones (excluding diaryl/α,β-unsaturated/α-hetero) is 2. The van der Waals surface area contributed by atoms with E-state index in [1.54, 1.807) is 0 Å². The van der Waals surface area contributed by atoms with Crippen LogP contribution < -0.4 is 22.5 Å². The van der Waals surface area contributed by atoms with Crippen LogP contribution in [0.2, 0.25) is 0 Å². The summed E-state index contributed by atoms with van der Waals surface area (Å²) in [6.45, 7) is 0. The summed E-state index contributed by atoms with van der Waals surface area (Å²) in [6, 6.07) is 2.93. The van der Waals surface area contributed by atoms with Gasteiger partial charge in [-0.15, -0.1) is 0 Å². The predicted octanol–water partition coefficient (Wildman–Crippen LogP) is 2.27. The van der Waals surface area contributed by atoms with Crippen LogP contribution in [0.4, 0.5) is 0 Å². The number of hydrogen-bond acceptors (Lipinski definition) is 8. The monoisotopic (exact) mass is 418 g/mol. The molecule has 0 aliphatic rings. The molecular formula is C20H26N4O6. The SMILES string of the molecule is NNC(=O)c1occc1C(=O)CCCCCCCCC(=O)c1ccoc1C(=O)NN. The molecule has 0 radical (unpaired) electrons. The van der Waals surface area contributed by atoms with Crippen molar-refractivity contribution >= 4 is 23.4 Å². The molecule has 0 saturated carbocycles. The fourth-order valence-electron chi connectivity index (χ4n) is 3.09. The number of nitrogen functional groups attached to an aromatic ring is 2. The van der Waals surface area contributed by atoms with Crippen LogP contribution in [0.15, 0.2) is 33.5 Å². The Hall–Kier alpha value is -3.24. The highest BCUT2D eigenvalue weighted by Gasteiger charge is 2.20. The van der Waals surface area contributed by atoms with Crippen molar-refractivity contribution in [3.63, 3.8) is 0 Å². The molecule has 10 nitrogen and oxygen atoms in total. The molecular weight excluding hydrogens is 392 g/mol. The highest BCUT2D eigenvalue weighted by molar-refractivity contribution is 6.06. The summed E-state index contributed by atoms with van der Waals surface area (Å²) in [7, 11) is 0. The minimum absolute atomic E-state index is 0.0723. The number of nitrogens with one attached hydrogen (secondary N) is 2. The third-order valence-corrected chi connectivity index (χ3v) is 4.66. The first-order chi connectivity index (χ1) is 14.5. The molecule has 0 unspecified atom stereocenters. The van der Waals surface area contributed by atoms with Crippen LogP contribution >= 0.6 is 0 Å². The lowest BCUT2D eigenvalue weighted by atomic mass is 10.0. The van der Waals surface area contributed by atoms with Gasteiger partial charge in [0, 0.05) is 12.8 Å². The number of nitrogens with two attached hydrogens (primary N) is 2. The summed E-state index contributed by atoms with van der Waals surface area (Å²) in [5.41, 5.74) is 4.36. The van der Waals surface area contributed by atoms with Gasteiger partial charge in [-0.3, -0.25) is 30.0 Å². The first kappa shape index (κ1) is 23.0. The minimum Gasteiger partial charge on any atom is -0.458 e. The van der Waals surface area contributed by atoms with E-state index in [1.165, 1.54) is 24.7 Å². The van der Waals surface area contributed by atoms with Gasteiger partial charge in [0.05, 0.1) is 23.7 Å². The summed E-state index contributed by atoms with van der Waals surface area (Å²) in [6.07, 6.45) is 8.16. The third kappa shape index (κ3) is 6.13. The van der Waals surface area contributed by atoms with E-state index in [1.807, 2.05) is 10.9 Å². The lowest BCUT2D eigenvalue weighted by molar-refractivity contribution is 0.0904. The van der Waals surface area contributed by atoms with Gasteiger partial charge >= 0.3 is 11.8 Å². The highest BCUT2D eigenvalue weighted by atomic mass is 16.3. The number of carbonyl (C=O) groups is 4. The number of furan rings is 2. The van der Waals surface area contributed by atoms with Crippen molar-refractivity contribution in [2.75, 3.05) is 0 Å². The van der Waals surface area contributed by atoms with Crippen LogP contribution in [0, 0.1) is 0 Å². The molecule has 162 valence electrons. The number of rotatable bonds is 13. The van der Waals surface area contributed by atoms with Crippen molar-refractivity contribution < 1.29 is 28.0 Å². The van der Waals surface area contributed by atoms with Gasteiger partial charge in [-0.1, -0.05) is 25.7 Å². The number of hydrogen-bond donors (Lipinski definition) is 4. The molecule has 2 amide bonds. The van der Waals surface area contributed by atoms with Gasteiger partial charge in [0.25, 0.3) is 0 Å². The molecule has 0 bridgehead atoms. The quantitative estimate of drug-likeness (QED) is 0.126. The molecule has 0 aliphatic carbocycles. The molecule has 2 aromatic heterocycles. The number of amides is 2. The van der Waals surface area contributed by atoms with Gasteiger partial charge in [-0.05, 0) is 25.0 Å². The van der Waals surface area contributed by atoms with Crippen molar-refractivity contribution in [3.8, 4) is 0 Å². The lowest BCUT2D eigenvalue weighted by Crippen LogP contribution is -2.30. The average molecular weight is 418 g/mol. The molecule has 0 atom stereocenters. The van der Waals surface area contributed by atoms with Gasteiger partial charge in [-0.25, -0.2) is 11.7 Å². The molecule has 2 rings (SSSR count). The van der Waals surface area contributed by atoms with E-state index in [9.17, 15) is 19.2 Å². The standard InChI is InChI=1S/C20H26N4O6/c21-23-19(27)17-13(9-11-29-17)15(25)7-5-3-1-2-4-6-8-16(26)14-10-12-30-18(14)20(28)24-22/h9-12H,1-8,21-22H2,(H,23,27)(H,24,28). The molecule has 0 fully saturated rings. The second kappa shape index (κ2) is 11.7. The van der Waals surface area contributed by atoms with Gasteiger partial charge in [-0.2, -0.15) is 0 Å². The van der Waals surface area contributed by atoms with E-state index in [0.717, 1.165) is 25.7 Å². The van der Waals surface area contributed by atoms with Crippen LogP contribution in [0.1, 0.15) is 93.2 Å². The fourth-order valence-corrected chi connectivity index (χ4v) is 3.09. The van der Waals surface area contributed by atoms with Gasteiger partial charge in [0.15, 0.2) is 11.6 Å². The van der Waals surface area contributed by atoms with Crippen LogP contribution in [-0.4, -0.2) is 23.4 Å². The molecule has 0 spiro atoms. The zero-order valence-corrected chi connectivity index (χ0v) is 16.6. The molecule has 0 aliphatic heterocycles. The van der Waals surface area contributed by atoms with Crippen molar-refractivity contribution in [3.05, 3.63) is 47.3 Å². The van der Waals surface area contributed by atoms with E-state index < -0.39 is 11.8 Å².